The summed E-state index contributed by atoms with van der Waals surface area (Å²) >= 11 is 0. The number of benzene rings is 2. The lowest BCUT2D eigenvalue weighted by Crippen LogP contribution is -2.39. The number of carbonyl (C=O) groups is 2. The van der Waals surface area contributed by atoms with Gasteiger partial charge < -0.3 is 15.4 Å². The molecule has 1 aliphatic carbocycles. The van der Waals surface area contributed by atoms with Gasteiger partial charge in [-0.1, -0.05) is 24.3 Å². The van der Waals surface area contributed by atoms with E-state index in [-0.39, 0.29) is 23.3 Å². The Bertz CT molecular complexity index is 1520. The van der Waals surface area contributed by atoms with Crippen LogP contribution in [0.4, 0.5) is 13.2 Å². The zero-order valence-corrected chi connectivity index (χ0v) is 20.8. The van der Waals surface area contributed by atoms with Crippen molar-refractivity contribution in [3.05, 3.63) is 101 Å². The average Bonchev–Trinajstić information content (AvgIpc) is 3.40. The van der Waals surface area contributed by atoms with Crippen LogP contribution in [0.25, 0.3) is 5.69 Å². The van der Waals surface area contributed by atoms with Crippen LogP contribution in [0, 0.1) is 0 Å². The van der Waals surface area contributed by atoms with Gasteiger partial charge in [-0.15, -0.1) is 0 Å². The van der Waals surface area contributed by atoms with Crippen molar-refractivity contribution in [2.24, 2.45) is 0 Å². The minimum atomic E-state index is -4.78. The van der Waals surface area contributed by atoms with Gasteiger partial charge in [-0.25, -0.2) is 4.68 Å². The topological polar surface area (TPSA) is 98.1 Å². The van der Waals surface area contributed by atoms with Crippen molar-refractivity contribution in [3.63, 3.8) is 0 Å². The molecule has 2 amide bonds. The number of hydrogen-bond acceptors (Lipinski definition) is 5. The number of hydrogen-bond donors (Lipinski definition) is 2. The van der Waals surface area contributed by atoms with Crippen molar-refractivity contribution in [2.75, 3.05) is 7.05 Å². The highest BCUT2D eigenvalue weighted by Crippen LogP contribution is 2.34. The van der Waals surface area contributed by atoms with Gasteiger partial charge in [0.15, 0.2) is 5.69 Å². The molecular weight excluding hydrogens is 511 g/mol. The number of nitrogens with one attached hydrogen (secondary N) is 2. The third kappa shape index (κ3) is 5.62. The van der Waals surface area contributed by atoms with Gasteiger partial charge in [0.1, 0.15) is 17.2 Å². The minimum Gasteiger partial charge on any atom is -0.457 e. The second-order valence-electron chi connectivity index (χ2n) is 9.05. The first kappa shape index (κ1) is 26.0. The minimum absolute atomic E-state index is 0.208. The smallest absolute Gasteiger partial charge is 0.434 e. The molecule has 2 aromatic carbocycles. The molecule has 0 saturated heterocycles. The SMILES string of the molecule is CNC(=O)c1cc(Oc2ccc3c(c2)CC(NC(=O)c2cnn(-c4ccccc4)c2C(F)(F)F)CC3)ccn1. The third-order valence-electron chi connectivity index (χ3n) is 6.45. The summed E-state index contributed by atoms with van der Waals surface area (Å²) in [6.45, 7) is 0. The molecule has 2 N–H and O–H groups in total. The highest BCUT2D eigenvalue weighted by Gasteiger charge is 2.41. The van der Waals surface area contributed by atoms with Crippen LogP contribution in [0.15, 0.2) is 73.1 Å². The summed E-state index contributed by atoms with van der Waals surface area (Å²) in [7, 11) is 1.51. The molecule has 2 aromatic heterocycles. The molecule has 11 heteroatoms. The highest BCUT2D eigenvalue weighted by molar-refractivity contribution is 5.95. The number of aryl methyl sites for hydroxylation is 1. The summed E-state index contributed by atoms with van der Waals surface area (Å²) < 4.78 is 48.6. The van der Waals surface area contributed by atoms with E-state index in [1.54, 1.807) is 24.3 Å². The van der Waals surface area contributed by atoms with Gasteiger partial charge in [0.05, 0.1) is 17.4 Å². The third-order valence-corrected chi connectivity index (χ3v) is 6.45. The average molecular weight is 536 g/mol. The Labute approximate surface area is 221 Å². The van der Waals surface area contributed by atoms with Crippen LogP contribution in [0.1, 0.15) is 44.1 Å². The van der Waals surface area contributed by atoms with Crippen LogP contribution in [0.5, 0.6) is 11.5 Å². The molecule has 8 nitrogen and oxygen atoms in total. The molecule has 0 aliphatic heterocycles. The Morgan fingerprint density at radius 3 is 2.51 bits per heavy atom. The van der Waals surface area contributed by atoms with Gasteiger partial charge in [0.25, 0.3) is 11.8 Å². The summed E-state index contributed by atoms with van der Waals surface area (Å²) in [5.41, 5.74) is 0.761. The van der Waals surface area contributed by atoms with Crippen LogP contribution in [-0.2, 0) is 19.0 Å². The molecule has 2 heterocycles. The number of fused-ring (bicyclic) bond motifs is 1. The van der Waals surface area contributed by atoms with Gasteiger partial charge in [-0.2, -0.15) is 18.3 Å². The maximum Gasteiger partial charge on any atom is 0.434 e. The number of pyridine rings is 1. The number of rotatable bonds is 6. The fourth-order valence-electron chi connectivity index (χ4n) is 4.60. The monoisotopic (exact) mass is 535 g/mol. The maximum absolute atomic E-state index is 14.0. The number of para-hydroxylation sites is 1. The zero-order valence-electron chi connectivity index (χ0n) is 20.8. The normalized spacial score (nSPS) is 14.8. The van der Waals surface area contributed by atoms with E-state index in [0.717, 1.165) is 22.0 Å². The van der Waals surface area contributed by atoms with Crippen LogP contribution < -0.4 is 15.4 Å². The molecule has 4 aromatic rings. The molecule has 1 unspecified atom stereocenters. The molecule has 1 atom stereocenters. The number of ether oxygens (including phenoxy) is 1. The Morgan fingerprint density at radius 2 is 1.77 bits per heavy atom. The molecule has 200 valence electrons. The molecule has 0 fully saturated rings. The largest absolute Gasteiger partial charge is 0.457 e. The lowest BCUT2D eigenvalue weighted by Gasteiger charge is -2.26. The van der Waals surface area contributed by atoms with Gasteiger partial charge in [-0.05, 0) is 60.7 Å². The van der Waals surface area contributed by atoms with Crippen molar-refractivity contribution < 1.29 is 27.5 Å². The van der Waals surface area contributed by atoms with E-state index in [4.69, 9.17) is 4.74 Å². The molecule has 5 rings (SSSR count). The van der Waals surface area contributed by atoms with Gasteiger partial charge >= 0.3 is 6.18 Å². The molecule has 0 saturated carbocycles. The summed E-state index contributed by atoms with van der Waals surface area (Å²) in [6, 6.07) is 16.2. The number of halogens is 3. The van der Waals surface area contributed by atoms with E-state index in [0.29, 0.717) is 30.8 Å². The second kappa shape index (κ2) is 10.6. The number of aromatic nitrogens is 3. The lowest BCUT2D eigenvalue weighted by molar-refractivity contribution is -0.143. The molecule has 0 bridgehead atoms. The quantitative estimate of drug-likeness (QED) is 0.372. The fourth-order valence-corrected chi connectivity index (χ4v) is 4.60. The summed E-state index contributed by atoms with van der Waals surface area (Å²) in [6.07, 6.45) is -0.713. The maximum atomic E-state index is 14.0. The van der Waals surface area contributed by atoms with E-state index in [9.17, 15) is 22.8 Å². The molecule has 39 heavy (non-hydrogen) atoms. The second-order valence-corrected chi connectivity index (χ2v) is 9.05. The van der Waals surface area contributed by atoms with Gasteiger partial charge in [0.2, 0.25) is 0 Å². The van der Waals surface area contributed by atoms with E-state index >= 15 is 0 Å². The first-order valence-electron chi connectivity index (χ1n) is 12.2. The standard InChI is InChI=1S/C28H24F3N5O3/c1-32-27(38)24-15-22(11-12-33-24)39-21-10-8-17-7-9-19(13-18(17)14-21)35-26(37)23-16-34-36(25(23)28(29,30)31)20-5-3-2-4-6-20/h2-6,8,10-12,14-16,19H,7,9,13H2,1H3,(H,32,38)(H,35,37). The lowest BCUT2D eigenvalue weighted by atomic mass is 9.88. The fraction of sp³-hybridized carbons (Fsp3) is 0.214. The molecular formula is C28H24F3N5O3. The first-order chi connectivity index (χ1) is 18.7. The zero-order chi connectivity index (χ0) is 27.6. The van der Waals surface area contributed by atoms with Crippen LogP contribution in [0.2, 0.25) is 0 Å². The van der Waals surface area contributed by atoms with E-state index < -0.39 is 23.3 Å². The number of nitrogens with zero attached hydrogens (tertiary/aromatic N) is 3. The summed E-state index contributed by atoms with van der Waals surface area (Å²) in [4.78, 5) is 28.9. The number of alkyl halides is 3. The van der Waals surface area contributed by atoms with Gasteiger partial charge in [0, 0.05) is 25.4 Å². The Balaban J connectivity index is 1.32. The van der Waals surface area contributed by atoms with Crippen molar-refractivity contribution in [1.82, 2.24) is 25.4 Å². The molecule has 1 aliphatic rings. The van der Waals surface area contributed by atoms with Crippen molar-refractivity contribution >= 4 is 11.8 Å². The summed E-state index contributed by atoms with van der Waals surface area (Å²) in [5.74, 6) is -0.214. The Hall–Kier alpha value is -4.67. The van der Waals surface area contributed by atoms with Crippen LogP contribution >= 0.6 is 0 Å². The van der Waals surface area contributed by atoms with E-state index in [1.165, 1.54) is 31.4 Å². The Morgan fingerprint density at radius 1 is 1.00 bits per heavy atom. The highest BCUT2D eigenvalue weighted by atomic mass is 19.4. The number of amides is 2. The Kier molecular flexibility index (Phi) is 7.05. The molecule has 0 radical (unpaired) electrons. The van der Waals surface area contributed by atoms with E-state index in [1.807, 2.05) is 18.2 Å². The van der Waals surface area contributed by atoms with E-state index in [2.05, 4.69) is 20.7 Å². The predicted octanol–water partition coefficient (Wildman–Crippen LogP) is 4.73. The van der Waals surface area contributed by atoms with Crippen LogP contribution in [0.3, 0.4) is 0 Å². The number of carbonyl (C=O) groups excluding carboxylic acids is 2. The van der Waals surface area contributed by atoms with Crippen molar-refractivity contribution in [3.8, 4) is 17.2 Å². The van der Waals surface area contributed by atoms with Crippen molar-refractivity contribution in [2.45, 2.75) is 31.5 Å². The van der Waals surface area contributed by atoms with Gasteiger partial charge in [-0.3, -0.25) is 14.6 Å². The summed E-state index contributed by atoms with van der Waals surface area (Å²) in [5, 5.41) is 9.14. The molecule has 0 spiro atoms. The predicted molar refractivity (Wildman–Crippen MR) is 136 cm³/mol. The van der Waals surface area contributed by atoms with Crippen LogP contribution in [-0.4, -0.2) is 39.7 Å². The van der Waals surface area contributed by atoms with Crippen molar-refractivity contribution in [1.29, 1.82) is 0 Å². The first-order valence-corrected chi connectivity index (χ1v) is 12.2.